The normalized spacial score (nSPS) is 19.4. The molecule has 1 aromatic carbocycles. The minimum atomic E-state index is -0.326. The maximum absolute atomic E-state index is 12.6. The van der Waals surface area contributed by atoms with Crippen molar-refractivity contribution < 1.29 is 5.11 Å². The zero-order chi connectivity index (χ0) is 14.3. The van der Waals surface area contributed by atoms with Crippen LogP contribution in [0.5, 0.6) is 5.75 Å². The van der Waals surface area contributed by atoms with Crippen LogP contribution in [0.25, 0.3) is 10.9 Å². The molecule has 106 valence electrons. The number of aryl methyl sites for hydroxylation is 1. The highest BCUT2D eigenvalue weighted by Crippen LogP contribution is 2.17. The van der Waals surface area contributed by atoms with Gasteiger partial charge in [-0.3, -0.25) is 13.9 Å². The Labute approximate surface area is 115 Å². The van der Waals surface area contributed by atoms with Gasteiger partial charge in [0, 0.05) is 13.6 Å². The molecule has 1 saturated heterocycles. The molecule has 1 aliphatic rings. The number of benzene rings is 1. The molecule has 0 radical (unpaired) electrons. The maximum atomic E-state index is 12.6. The summed E-state index contributed by atoms with van der Waals surface area (Å²) in [6, 6.07) is 4.37. The first-order valence-corrected chi connectivity index (χ1v) is 6.74. The highest BCUT2D eigenvalue weighted by atomic mass is 16.3. The fourth-order valence-corrected chi connectivity index (χ4v) is 2.84. The van der Waals surface area contributed by atoms with Gasteiger partial charge in [-0.05, 0) is 37.6 Å². The minimum absolute atomic E-state index is 0.0292. The maximum Gasteiger partial charge on any atom is 0.331 e. The Morgan fingerprint density at radius 3 is 2.85 bits per heavy atom. The van der Waals surface area contributed by atoms with Crippen LogP contribution in [0, 0.1) is 0 Å². The van der Waals surface area contributed by atoms with E-state index in [1.165, 1.54) is 21.3 Å². The van der Waals surface area contributed by atoms with Crippen molar-refractivity contribution in [2.24, 2.45) is 7.05 Å². The van der Waals surface area contributed by atoms with Crippen molar-refractivity contribution in [3.05, 3.63) is 39.0 Å². The van der Waals surface area contributed by atoms with Crippen molar-refractivity contribution >= 4 is 10.9 Å². The van der Waals surface area contributed by atoms with Crippen LogP contribution in [-0.4, -0.2) is 27.3 Å². The van der Waals surface area contributed by atoms with Gasteiger partial charge in [0.15, 0.2) is 0 Å². The zero-order valence-corrected chi connectivity index (χ0v) is 11.3. The summed E-state index contributed by atoms with van der Waals surface area (Å²) in [4.78, 5) is 25.0. The average Bonchev–Trinajstić information content (AvgIpc) is 2.46. The van der Waals surface area contributed by atoms with Crippen LogP contribution >= 0.6 is 0 Å². The fraction of sp³-hybridized carbons (Fsp3) is 0.429. The third-order valence-corrected chi connectivity index (χ3v) is 3.92. The van der Waals surface area contributed by atoms with Gasteiger partial charge in [0.2, 0.25) is 0 Å². The predicted octanol–water partition coefficient (Wildman–Crippen LogP) is 0.330. The van der Waals surface area contributed by atoms with E-state index < -0.39 is 0 Å². The van der Waals surface area contributed by atoms with Gasteiger partial charge in [-0.2, -0.15) is 0 Å². The second-order valence-electron chi connectivity index (χ2n) is 5.22. The lowest BCUT2D eigenvalue weighted by Crippen LogP contribution is -2.46. The number of phenolic OH excluding ortho intramolecular Hbond substituents is 1. The molecule has 1 unspecified atom stereocenters. The average molecular weight is 275 g/mol. The van der Waals surface area contributed by atoms with Crippen LogP contribution in [0.3, 0.4) is 0 Å². The summed E-state index contributed by atoms with van der Waals surface area (Å²) in [6.45, 7) is 1.54. The zero-order valence-electron chi connectivity index (χ0n) is 11.3. The Bertz CT molecular complexity index is 770. The van der Waals surface area contributed by atoms with E-state index in [2.05, 4.69) is 5.32 Å². The molecule has 1 aliphatic heterocycles. The van der Waals surface area contributed by atoms with E-state index >= 15 is 0 Å². The van der Waals surface area contributed by atoms with Crippen LogP contribution in [0.4, 0.5) is 0 Å². The van der Waals surface area contributed by atoms with Gasteiger partial charge in [-0.15, -0.1) is 0 Å². The number of hydrogen-bond donors (Lipinski definition) is 2. The van der Waals surface area contributed by atoms with Crippen molar-refractivity contribution in [3.8, 4) is 5.75 Å². The summed E-state index contributed by atoms with van der Waals surface area (Å²) < 4.78 is 2.78. The van der Waals surface area contributed by atoms with Crippen molar-refractivity contribution in [2.75, 3.05) is 13.1 Å². The molecule has 20 heavy (non-hydrogen) atoms. The summed E-state index contributed by atoms with van der Waals surface area (Å²) in [5.41, 5.74) is -0.0904. The lowest BCUT2D eigenvalue weighted by atomic mass is 10.1. The van der Waals surface area contributed by atoms with Crippen molar-refractivity contribution in [3.63, 3.8) is 0 Å². The van der Waals surface area contributed by atoms with Gasteiger partial charge in [-0.1, -0.05) is 0 Å². The summed E-state index contributed by atoms with van der Waals surface area (Å²) >= 11 is 0. The molecule has 0 bridgehead atoms. The molecule has 0 amide bonds. The summed E-state index contributed by atoms with van der Waals surface area (Å²) in [5.74, 6) is 0.0292. The van der Waals surface area contributed by atoms with Crippen LogP contribution < -0.4 is 16.6 Å². The molecule has 0 spiro atoms. The SMILES string of the molecule is Cn1c(=O)n(C2CCCNC2)c(=O)c2cc(O)ccc21. The monoisotopic (exact) mass is 275 g/mol. The van der Waals surface area contributed by atoms with Gasteiger partial charge >= 0.3 is 5.69 Å². The van der Waals surface area contributed by atoms with E-state index in [4.69, 9.17) is 0 Å². The molecule has 2 N–H and O–H groups in total. The number of aromatic nitrogens is 2. The van der Waals surface area contributed by atoms with Gasteiger partial charge in [0.1, 0.15) is 5.75 Å². The highest BCUT2D eigenvalue weighted by molar-refractivity contribution is 5.79. The molecule has 1 fully saturated rings. The molecular formula is C14H17N3O3. The number of phenols is 1. The first-order valence-electron chi connectivity index (χ1n) is 6.74. The number of fused-ring (bicyclic) bond motifs is 1. The van der Waals surface area contributed by atoms with Crippen LogP contribution in [0.2, 0.25) is 0 Å². The van der Waals surface area contributed by atoms with Crippen molar-refractivity contribution in [1.82, 2.24) is 14.5 Å². The Kier molecular flexibility index (Phi) is 3.10. The lowest BCUT2D eigenvalue weighted by Gasteiger charge is -2.25. The molecule has 3 rings (SSSR count). The van der Waals surface area contributed by atoms with Crippen LogP contribution in [-0.2, 0) is 7.05 Å². The Morgan fingerprint density at radius 1 is 1.35 bits per heavy atom. The number of piperidine rings is 1. The number of hydrogen-bond acceptors (Lipinski definition) is 4. The Morgan fingerprint density at radius 2 is 2.15 bits per heavy atom. The van der Waals surface area contributed by atoms with Crippen LogP contribution in [0.1, 0.15) is 18.9 Å². The van der Waals surface area contributed by atoms with Gasteiger partial charge in [-0.25, -0.2) is 4.79 Å². The second kappa shape index (κ2) is 4.79. The number of nitrogens with one attached hydrogen (secondary N) is 1. The highest BCUT2D eigenvalue weighted by Gasteiger charge is 2.21. The summed E-state index contributed by atoms with van der Waals surface area (Å²) in [6.07, 6.45) is 1.75. The molecule has 1 atom stereocenters. The molecule has 0 aliphatic carbocycles. The number of aromatic hydroxyl groups is 1. The molecular weight excluding hydrogens is 258 g/mol. The molecule has 2 heterocycles. The first-order chi connectivity index (χ1) is 9.59. The van der Waals surface area contributed by atoms with Gasteiger partial charge in [0.25, 0.3) is 5.56 Å². The molecule has 1 aromatic heterocycles. The summed E-state index contributed by atoms with van der Waals surface area (Å²) in [5, 5.41) is 13.2. The first kappa shape index (κ1) is 12.9. The largest absolute Gasteiger partial charge is 0.508 e. The van der Waals surface area contributed by atoms with E-state index in [-0.39, 0.29) is 23.0 Å². The molecule has 6 heteroatoms. The van der Waals surface area contributed by atoms with E-state index in [0.717, 1.165) is 19.4 Å². The van der Waals surface area contributed by atoms with E-state index in [1.54, 1.807) is 13.1 Å². The predicted molar refractivity (Wildman–Crippen MR) is 76.3 cm³/mol. The smallest absolute Gasteiger partial charge is 0.331 e. The van der Waals surface area contributed by atoms with Crippen molar-refractivity contribution in [2.45, 2.75) is 18.9 Å². The number of rotatable bonds is 1. The third kappa shape index (κ3) is 1.92. The Hall–Kier alpha value is -2.08. The lowest BCUT2D eigenvalue weighted by molar-refractivity contribution is 0.351. The summed E-state index contributed by atoms with van der Waals surface area (Å²) in [7, 11) is 1.65. The van der Waals surface area contributed by atoms with Crippen LogP contribution in [0.15, 0.2) is 27.8 Å². The van der Waals surface area contributed by atoms with Gasteiger partial charge in [0.05, 0.1) is 16.9 Å². The van der Waals surface area contributed by atoms with E-state index in [1.807, 2.05) is 0 Å². The minimum Gasteiger partial charge on any atom is -0.508 e. The standard InChI is InChI=1S/C14H17N3O3/c1-16-12-5-4-10(18)7-11(12)13(19)17(14(16)20)9-3-2-6-15-8-9/h4-5,7,9,15,18H,2-3,6,8H2,1H3. The van der Waals surface area contributed by atoms with E-state index in [0.29, 0.717) is 17.4 Å². The molecule has 0 saturated carbocycles. The fourth-order valence-electron chi connectivity index (χ4n) is 2.84. The quantitative estimate of drug-likeness (QED) is 0.786. The second-order valence-corrected chi connectivity index (χ2v) is 5.22. The third-order valence-electron chi connectivity index (χ3n) is 3.92. The van der Waals surface area contributed by atoms with Gasteiger partial charge < -0.3 is 10.4 Å². The Balaban J connectivity index is 2.32. The molecule has 6 nitrogen and oxygen atoms in total. The van der Waals surface area contributed by atoms with Crippen molar-refractivity contribution in [1.29, 1.82) is 0 Å². The molecule has 2 aromatic rings. The number of nitrogens with zero attached hydrogens (tertiary/aromatic N) is 2. The topological polar surface area (TPSA) is 76.3 Å². The van der Waals surface area contributed by atoms with E-state index in [9.17, 15) is 14.7 Å².